The smallest absolute Gasteiger partial charge is 0.338 e. The summed E-state index contributed by atoms with van der Waals surface area (Å²) in [5, 5.41) is 0.335. The van der Waals surface area contributed by atoms with Crippen LogP contribution in [0.3, 0.4) is 0 Å². The Morgan fingerprint density at radius 1 is 1.08 bits per heavy atom. The third kappa shape index (κ3) is 4.23. The average molecular weight is 379 g/mol. The average Bonchev–Trinajstić information content (AvgIpc) is 2.87. The largest absolute Gasteiger partial charge is 0.416 e. The minimum Gasteiger partial charge on any atom is -0.338 e. The van der Waals surface area contributed by atoms with Crippen molar-refractivity contribution in [2.75, 3.05) is 18.8 Å². The first-order valence-corrected chi connectivity index (χ1v) is 9.55. The van der Waals surface area contributed by atoms with Crippen molar-refractivity contribution in [1.82, 2.24) is 4.90 Å². The third-order valence-electron chi connectivity index (χ3n) is 4.62. The van der Waals surface area contributed by atoms with Crippen LogP contribution in [-0.2, 0) is 6.18 Å². The van der Waals surface area contributed by atoms with Crippen LogP contribution >= 0.6 is 11.8 Å². The number of thioether (sulfide) groups is 1. The molecule has 26 heavy (non-hydrogen) atoms. The molecule has 1 aliphatic rings. The van der Waals surface area contributed by atoms with Gasteiger partial charge in [0.05, 0.1) is 5.56 Å². The molecule has 6 heteroatoms. The molecule has 2 aromatic carbocycles. The zero-order valence-electron chi connectivity index (χ0n) is 14.4. The van der Waals surface area contributed by atoms with E-state index in [-0.39, 0.29) is 5.91 Å². The van der Waals surface area contributed by atoms with Gasteiger partial charge in [0.25, 0.3) is 5.91 Å². The molecule has 0 saturated carbocycles. The van der Waals surface area contributed by atoms with E-state index in [1.165, 1.54) is 23.3 Å². The van der Waals surface area contributed by atoms with Gasteiger partial charge in [-0.1, -0.05) is 24.3 Å². The van der Waals surface area contributed by atoms with Gasteiger partial charge in [-0.25, -0.2) is 0 Å². The molecule has 2 nitrogen and oxygen atoms in total. The van der Waals surface area contributed by atoms with Crippen LogP contribution in [0.5, 0.6) is 0 Å². The highest BCUT2D eigenvalue weighted by Crippen LogP contribution is 2.36. The Bertz CT molecular complexity index is 773. The number of aryl methyl sites for hydroxylation is 1. The first-order valence-electron chi connectivity index (χ1n) is 8.50. The van der Waals surface area contributed by atoms with Crippen LogP contribution in [0, 0.1) is 6.92 Å². The number of hydrogen-bond donors (Lipinski definition) is 0. The minimum absolute atomic E-state index is 0.204. The SMILES string of the molecule is Cc1ccccc1C1CCN(C(=O)c2ccc(C(F)(F)F)cc2)CCS1. The molecule has 1 saturated heterocycles. The summed E-state index contributed by atoms with van der Waals surface area (Å²) < 4.78 is 38.0. The second-order valence-electron chi connectivity index (χ2n) is 6.37. The fourth-order valence-corrected chi connectivity index (χ4v) is 4.48. The Labute approximate surface area is 155 Å². The van der Waals surface area contributed by atoms with Crippen LogP contribution in [0.1, 0.15) is 38.7 Å². The fraction of sp³-hybridized carbons (Fsp3) is 0.350. The van der Waals surface area contributed by atoms with E-state index < -0.39 is 11.7 Å². The van der Waals surface area contributed by atoms with Gasteiger partial charge in [0, 0.05) is 29.7 Å². The highest BCUT2D eigenvalue weighted by Gasteiger charge is 2.30. The van der Waals surface area contributed by atoms with Gasteiger partial charge < -0.3 is 4.90 Å². The Hall–Kier alpha value is -1.95. The van der Waals surface area contributed by atoms with Crippen molar-refractivity contribution < 1.29 is 18.0 Å². The predicted octanol–water partition coefficient (Wildman–Crippen LogP) is 5.33. The van der Waals surface area contributed by atoms with Crippen molar-refractivity contribution in [3.63, 3.8) is 0 Å². The standard InChI is InChI=1S/C20H20F3NOS/c1-14-4-2-3-5-17(14)18-10-11-24(12-13-26-18)19(25)15-6-8-16(9-7-15)20(21,22)23/h2-9,18H,10-13H2,1H3. The van der Waals surface area contributed by atoms with Crippen molar-refractivity contribution in [3.05, 3.63) is 70.8 Å². The monoisotopic (exact) mass is 379 g/mol. The van der Waals surface area contributed by atoms with Gasteiger partial charge in [-0.2, -0.15) is 24.9 Å². The van der Waals surface area contributed by atoms with Gasteiger partial charge in [0.1, 0.15) is 0 Å². The molecule has 2 aromatic rings. The summed E-state index contributed by atoms with van der Waals surface area (Å²) in [6, 6.07) is 12.7. The second-order valence-corrected chi connectivity index (χ2v) is 7.68. The highest BCUT2D eigenvalue weighted by atomic mass is 32.2. The molecule has 0 N–H and O–H groups in total. The molecule has 3 rings (SSSR count). The molecule has 1 amide bonds. The van der Waals surface area contributed by atoms with Crippen LogP contribution in [0.4, 0.5) is 13.2 Å². The number of nitrogens with zero attached hydrogens (tertiary/aromatic N) is 1. The van der Waals surface area contributed by atoms with Crippen molar-refractivity contribution in [1.29, 1.82) is 0 Å². The van der Waals surface area contributed by atoms with E-state index in [0.717, 1.165) is 24.3 Å². The molecule has 0 aromatic heterocycles. The molecule has 0 radical (unpaired) electrons. The van der Waals surface area contributed by atoms with E-state index in [1.54, 1.807) is 4.90 Å². The number of carbonyl (C=O) groups is 1. The summed E-state index contributed by atoms with van der Waals surface area (Å²) in [4.78, 5) is 14.4. The van der Waals surface area contributed by atoms with E-state index >= 15 is 0 Å². The number of carbonyl (C=O) groups excluding carboxylic acids is 1. The Morgan fingerprint density at radius 2 is 1.77 bits per heavy atom. The molecule has 1 fully saturated rings. The maximum atomic E-state index is 12.7. The van der Waals surface area contributed by atoms with Gasteiger partial charge in [-0.3, -0.25) is 4.79 Å². The van der Waals surface area contributed by atoms with Crippen molar-refractivity contribution in [2.24, 2.45) is 0 Å². The Kier molecular flexibility index (Phi) is 5.61. The molecule has 1 heterocycles. The molecule has 1 aliphatic heterocycles. The van der Waals surface area contributed by atoms with Crippen molar-refractivity contribution in [2.45, 2.75) is 24.8 Å². The van der Waals surface area contributed by atoms with Crippen LogP contribution in [-0.4, -0.2) is 29.6 Å². The van der Waals surface area contributed by atoms with E-state index in [1.807, 2.05) is 23.9 Å². The van der Waals surface area contributed by atoms with Gasteiger partial charge in [-0.15, -0.1) is 0 Å². The molecule has 0 bridgehead atoms. The third-order valence-corrected chi connectivity index (χ3v) is 5.93. The summed E-state index contributed by atoms with van der Waals surface area (Å²) in [6.45, 7) is 3.30. The van der Waals surface area contributed by atoms with Gasteiger partial charge >= 0.3 is 6.18 Å². The van der Waals surface area contributed by atoms with E-state index in [9.17, 15) is 18.0 Å². The minimum atomic E-state index is -4.39. The van der Waals surface area contributed by atoms with E-state index in [0.29, 0.717) is 23.9 Å². The molecule has 1 unspecified atom stereocenters. The summed E-state index contributed by atoms with van der Waals surface area (Å²) in [7, 11) is 0. The molecule has 0 aliphatic carbocycles. The second kappa shape index (κ2) is 7.74. The number of hydrogen-bond acceptors (Lipinski definition) is 2. The predicted molar refractivity (Wildman–Crippen MR) is 98.3 cm³/mol. The number of alkyl halides is 3. The van der Waals surface area contributed by atoms with E-state index in [2.05, 4.69) is 19.1 Å². The fourth-order valence-electron chi connectivity index (χ4n) is 3.15. The van der Waals surface area contributed by atoms with Crippen LogP contribution < -0.4 is 0 Å². The quantitative estimate of drug-likeness (QED) is 0.703. The van der Waals surface area contributed by atoms with Gasteiger partial charge in [0.2, 0.25) is 0 Å². The number of halogens is 3. The number of benzene rings is 2. The highest BCUT2D eigenvalue weighted by molar-refractivity contribution is 7.99. The first-order chi connectivity index (χ1) is 12.4. The molecular formula is C20H20F3NOS. The summed E-state index contributed by atoms with van der Waals surface area (Å²) in [5.74, 6) is 0.607. The summed E-state index contributed by atoms with van der Waals surface area (Å²) >= 11 is 1.83. The topological polar surface area (TPSA) is 20.3 Å². The zero-order valence-corrected chi connectivity index (χ0v) is 15.2. The molecule has 1 atom stereocenters. The lowest BCUT2D eigenvalue weighted by atomic mass is 10.0. The summed E-state index contributed by atoms with van der Waals surface area (Å²) in [5.41, 5.74) is 2.10. The molecular weight excluding hydrogens is 359 g/mol. The lowest BCUT2D eigenvalue weighted by molar-refractivity contribution is -0.137. The van der Waals surface area contributed by atoms with Crippen LogP contribution in [0.25, 0.3) is 0 Å². The maximum Gasteiger partial charge on any atom is 0.416 e. The molecule has 138 valence electrons. The number of rotatable bonds is 2. The normalized spacial score (nSPS) is 18.5. The Balaban J connectivity index is 1.69. The molecule has 0 spiro atoms. The van der Waals surface area contributed by atoms with Crippen molar-refractivity contribution >= 4 is 17.7 Å². The van der Waals surface area contributed by atoms with Gasteiger partial charge in [0.15, 0.2) is 0 Å². The van der Waals surface area contributed by atoms with Crippen LogP contribution in [0.2, 0.25) is 0 Å². The van der Waals surface area contributed by atoms with Crippen LogP contribution in [0.15, 0.2) is 48.5 Å². The van der Waals surface area contributed by atoms with Crippen molar-refractivity contribution in [3.8, 4) is 0 Å². The first kappa shape index (κ1) is 18.8. The van der Waals surface area contributed by atoms with Gasteiger partial charge in [-0.05, 0) is 48.7 Å². The lowest BCUT2D eigenvalue weighted by Gasteiger charge is -2.21. The lowest BCUT2D eigenvalue weighted by Crippen LogP contribution is -2.33. The summed E-state index contributed by atoms with van der Waals surface area (Å²) in [6.07, 6.45) is -3.55. The Morgan fingerprint density at radius 3 is 2.42 bits per heavy atom. The number of amides is 1. The zero-order chi connectivity index (χ0) is 18.7. The van der Waals surface area contributed by atoms with E-state index in [4.69, 9.17) is 0 Å². The maximum absolute atomic E-state index is 12.7.